The normalized spacial score (nSPS) is 11.8. The Morgan fingerprint density at radius 2 is 0.938 bits per heavy atom. The molecule has 4 heteroatoms. The van der Waals surface area contributed by atoms with Crippen LogP contribution in [0.15, 0.2) is 91.0 Å². The summed E-state index contributed by atoms with van der Waals surface area (Å²) in [6.07, 6.45) is 0. The fourth-order valence-corrected chi connectivity index (χ4v) is 4.69. The molecule has 0 radical (unpaired) electrons. The minimum absolute atomic E-state index is 0.0418. The van der Waals surface area contributed by atoms with E-state index in [4.69, 9.17) is 0 Å². The number of fused-ring (bicyclic) bond motifs is 2. The summed E-state index contributed by atoms with van der Waals surface area (Å²) in [5.74, 6) is 0.268. The molecule has 0 spiro atoms. The standard InChI is InChI=1S/C28H22O4/c1-28(17-7-3-2-4-8-17,22-15-13-18-20(26(22)31)9-5-11-24(18)29)23-16-14-19-21(27(23)32)10-6-12-25(19)30/h2-16,29-32H,1H3. The van der Waals surface area contributed by atoms with Gasteiger partial charge in [-0.1, -0.05) is 78.9 Å². The number of hydrogen-bond acceptors (Lipinski definition) is 4. The molecule has 5 rings (SSSR count). The smallest absolute Gasteiger partial charge is 0.127 e. The molecule has 4 nitrogen and oxygen atoms in total. The van der Waals surface area contributed by atoms with Gasteiger partial charge in [-0.3, -0.25) is 0 Å². The first-order chi connectivity index (χ1) is 15.4. The minimum atomic E-state index is -0.922. The van der Waals surface area contributed by atoms with Gasteiger partial charge in [0.1, 0.15) is 23.0 Å². The highest BCUT2D eigenvalue weighted by atomic mass is 16.3. The van der Waals surface area contributed by atoms with E-state index in [2.05, 4.69) is 0 Å². The summed E-state index contributed by atoms with van der Waals surface area (Å²) in [6, 6.07) is 26.9. The van der Waals surface area contributed by atoms with Crippen molar-refractivity contribution >= 4 is 21.5 Å². The number of benzene rings is 5. The lowest BCUT2D eigenvalue weighted by Crippen LogP contribution is -2.25. The molecule has 0 aromatic heterocycles. The fraction of sp³-hybridized carbons (Fsp3) is 0.0714. The number of rotatable bonds is 3. The topological polar surface area (TPSA) is 80.9 Å². The largest absolute Gasteiger partial charge is 0.507 e. The zero-order chi connectivity index (χ0) is 22.5. The Kier molecular flexibility index (Phi) is 4.45. The molecule has 5 aromatic carbocycles. The van der Waals surface area contributed by atoms with E-state index >= 15 is 0 Å². The third kappa shape index (κ3) is 2.77. The van der Waals surface area contributed by atoms with Gasteiger partial charge in [0.05, 0.1) is 0 Å². The SMILES string of the molecule is CC(c1ccccc1)(c1ccc2c(O)cccc2c1O)c1ccc2c(O)cccc2c1O. The highest BCUT2D eigenvalue weighted by Crippen LogP contribution is 2.50. The van der Waals surface area contributed by atoms with Crippen LogP contribution in [0.1, 0.15) is 23.6 Å². The molecule has 0 aliphatic carbocycles. The summed E-state index contributed by atoms with van der Waals surface area (Å²) in [5, 5.41) is 45.3. The molecule has 0 aliphatic rings. The zero-order valence-electron chi connectivity index (χ0n) is 17.4. The molecule has 0 bridgehead atoms. The van der Waals surface area contributed by atoms with Crippen LogP contribution in [0.2, 0.25) is 0 Å². The van der Waals surface area contributed by atoms with E-state index < -0.39 is 5.41 Å². The summed E-state index contributed by atoms with van der Waals surface area (Å²) >= 11 is 0. The second-order valence-electron chi connectivity index (χ2n) is 8.16. The summed E-state index contributed by atoms with van der Waals surface area (Å²) in [6.45, 7) is 1.95. The third-order valence-electron chi connectivity index (χ3n) is 6.45. The molecule has 158 valence electrons. The van der Waals surface area contributed by atoms with E-state index in [1.807, 2.05) is 37.3 Å². The van der Waals surface area contributed by atoms with Crippen molar-refractivity contribution in [3.63, 3.8) is 0 Å². The van der Waals surface area contributed by atoms with Gasteiger partial charge in [0.15, 0.2) is 0 Å². The zero-order valence-corrected chi connectivity index (χ0v) is 17.4. The maximum absolute atomic E-state index is 11.3. The van der Waals surface area contributed by atoms with Gasteiger partial charge in [-0.2, -0.15) is 0 Å². The van der Waals surface area contributed by atoms with Gasteiger partial charge in [0.2, 0.25) is 0 Å². The van der Waals surface area contributed by atoms with Gasteiger partial charge < -0.3 is 20.4 Å². The fourth-order valence-electron chi connectivity index (χ4n) is 4.69. The van der Waals surface area contributed by atoms with Crippen molar-refractivity contribution in [1.82, 2.24) is 0 Å². The molecule has 0 saturated heterocycles. The van der Waals surface area contributed by atoms with E-state index in [1.165, 1.54) is 0 Å². The first-order valence-corrected chi connectivity index (χ1v) is 10.4. The van der Waals surface area contributed by atoms with Gasteiger partial charge >= 0.3 is 0 Å². The van der Waals surface area contributed by atoms with Crippen LogP contribution in [-0.2, 0) is 5.41 Å². The second kappa shape index (κ2) is 7.20. The Morgan fingerprint density at radius 3 is 1.41 bits per heavy atom. The molecule has 0 saturated carbocycles. The lowest BCUT2D eigenvalue weighted by molar-refractivity contribution is 0.447. The maximum Gasteiger partial charge on any atom is 0.127 e. The molecule has 5 aromatic rings. The van der Waals surface area contributed by atoms with E-state index in [-0.39, 0.29) is 23.0 Å². The summed E-state index contributed by atoms with van der Waals surface area (Å²) in [5.41, 5.74) is 1.15. The van der Waals surface area contributed by atoms with Crippen molar-refractivity contribution in [2.45, 2.75) is 12.3 Å². The van der Waals surface area contributed by atoms with Crippen LogP contribution in [0.4, 0.5) is 0 Å². The van der Waals surface area contributed by atoms with Crippen LogP contribution in [0.5, 0.6) is 23.0 Å². The number of hydrogen-bond donors (Lipinski definition) is 4. The van der Waals surface area contributed by atoms with Gasteiger partial charge in [-0.15, -0.1) is 0 Å². The molecule has 0 unspecified atom stereocenters. The average Bonchev–Trinajstić information content (AvgIpc) is 2.81. The first-order valence-electron chi connectivity index (χ1n) is 10.4. The highest BCUT2D eigenvalue weighted by molar-refractivity contribution is 5.96. The van der Waals surface area contributed by atoms with Gasteiger partial charge in [0.25, 0.3) is 0 Å². The predicted octanol–water partition coefficient (Wildman–Crippen LogP) is 6.17. The second-order valence-corrected chi connectivity index (χ2v) is 8.16. The van der Waals surface area contributed by atoms with Crippen molar-refractivity contribution in [1.29, 1.82) is 0 Å². The van der Waals surface area contributed by atoms with Crippen LogP contribution in [0, 0.1) is 0 Å². The molecule has 0 atom stereocenters. The lowest BCUT2D eigenvalue weighted by Gasteiger charge is -2.33. The van der Waals surface area contributed by atoms with Crippen molar-refractivity contribution in [3.8, 4) is 23.0 Å². The van der Waals surface area contributed by atoms with Crippen molar-refractivity contribution < 1.29 is 20.4 Å². The molecule has 0 fully saturated rings. The molecule has 0 aliphatic heterocycles. The van der Waals surface area contributed by atoms with Crippen LogP contribution in [0.25, 0.3) is 21.5 Å². The van der Waals surface area contributed by atoms with Crippen LogP contribution in [-0.4, -0.2) is 20.4 Å². The predicted molar refractivity (Wildman–Crippen MR) is 127 cm³/mol. The molecule has 32 heavy (non-hydrogen) atoms. The summed E-state index contributed by atoms with van der Waals surface area (Å²) < 4.78 is 0. The summed E-state index contributed by atoms with van der Waals surface area (Å²) in [4.78, 5) is 0. The number of phenols is 4. The monoisotopic (exact) mass is 422 g/mol. The molecule has 4 N–H and O–H groups in total. The Balaban J connectivity index is 1.88. The highest BCUT2D eigenvalue weighted by Gasteiger charge is 2.37. The molecule has 0 heterocycles. The first kappa shape index (κ1) is 19.8. The minimum Gasteiger partial charge on any atom is -0.507 e. The third-order valence-corrected chi connectivity index (χ3v) is 6.45. The molecule has 0 amide bonds. The Morgan fingerprint density at radius 1 is 0.469 bits per heavy atom. The van der Waals surface area contributed by atoms with Gasteiger partial charge in [0, 0.05) is 38.1 Å². The number of phenolic OH excluding ortho intramolecular Hbond substituents is 4. The van der Waals surface area contributed by atoms with E-state index in [0.717, 1.165) is 5.56 Å². The summed E-state index contributed by atoms with van der Waals surface area (Å²) in [7, 11) is 0. The maximum atomic E-state index is 11.3. The van der Waals surface area contributed by atoms with Crippen molar-refractivity contribution in [2.24, 2.45) is 0 Å². The van der Waals surface area contributed by atoms with Gasteiger partial charge in [-0.05, 0) is 24.6 Å². The lowest BCUT2D eigenvalue weighted by atomic mass is 9.69. The van der Waals surface area contributed by atoms with Gasteiger partial charge in [-0.25, -0.2) is 0 Å². The van der Waals surface area contributed by atoms with E-state index in [9.17, 15) is 20.4 Å². The number of aromatic hydroxyl groups is 4. The van der Waals surface area contributed by atoms with Crippen molar-refractivity contribution in [3.05, 3.63) is 108 Å². The average molecular weight is 422 g/mol. The Labute approximate surface area is 185 Å². The van der Waals surface area contributed by atoms with Crippen molar-refractivity contribution in [2.75, 3.05) is 0 Å². The Hall–Kier alpha value is -4.18. The van der Waals surface area contributed by atoms with Crippen LogP contribution < -0.4 is 0 Å². The quantitative estimate of drug-likeness (QED) is 0.262. The van der Waals surface area contributed by atoms with E-state index in [1.54, 1.807) is 60.7 Å². The Bertz CT molecular complexity index is 1380. The molecular weight excluding hydrogens is 400 g/mol. The molecular formula is C28H22O4. The van der Waals surface area contributed by atoms with Crippen LogP contribution in [0.3, 0.4) is 0 Å². The van der Waals surface area contributed by atoms with Crippen LogP contribution >= 0.6 is 0 Å². The van der Waals surface area contributed by atoms with E-state index in [0.29, 0.717) is 32.7 Å².